The zero-order valence-electron chi connectivity index (χ0n) is 18.8. The molecule has 1 saturated heterocycles. The van der Waals surface area contributed by atoms with E-state index >= 15 is 0 Å². The van der Waals surface area contributed by atoms with Crippen LogP contribution in [0.3, 0.4) is 0 Å². The molecule has 1 saturated carbocycles. The first-order valence-corrected chi connectivity index (χ1v) is 12.1. The highest BCUT2D eigenvalue weighted by atomic mass is 79.9. The van der Waals surface area contributed by atoms with E-state index in [-0.39, 0.29) is 13.1 Å². The molecule has 184 valence electrons. The molecule has 2 heterocycles. The number of fused-ring (bicyclic) bond motifs is 1. The standard InChI is InChI=1S/C24H23BrF3N5O2/c1-14-16(5-4-6-17(14)25)20-13-32(11-12-33(20)35-23(34)24(26,27)28)22-21(29-15-9-10-15)30-18-7-2-3-8-19(18)31-22/h2-8,15,20H,9-13H2,1H3,(H,29,30). The maximum Gasteiger partial charge on any atom is 0.492 e. The molecule has 0 spiro atoms. The first kappa shape index (κ1) is 23.8. The Labute approximate surface area is 208 Å². The molecule has 0 bridgehead atoms. The number of rotatable bonds is 5. The minimum atomic E-state index is -5.08. The van der Waals surface area contributed by atoms with Gasteiger partial charge in [0.05, 0.1) is 23.6 Å². The zero-order chi connectivity index (χ0) is 24.7. The highest BCUT2D eigenvalue weighted by Crippen LogP contribution is 2.37. The minimum absolute atomic E-state index is 0.0653. The van der Waals surface area contributed by atoms with E-state index in [0.717, 1.165) is 44.5 Å². The number of carbonyl (C=O) groups is 1. The number of para-hydroxylation sites is 2. The molecule has 0 amide bonds. The summed E-state index contributed by atoms with van der Waals surface area (Å²) in [4.78, 5) is 28.2. The lowest BCUT2D eigenvalue weighted by atomic mass is 9.99. The first-order chi connectivity index (χ1) is 16.7. The van der Waals surface area contributed by atoms with Gasteiger partial charge in [-0.15, -0.1) is 5.06 Å². The van der Waals surface area contributed by atoms with Crippen molar-refractivity contribution in [3.8, 4) is 0 Å². The number of anilines is 2. The molecule has 7 nitrogen and oxygen atoms in total. The summed E-state index contributed by atoms with van der Waals surface area (Å²) in [7, 11) is 0. The Hall–Kier alpha value is -2.92. The summed E-state index contributed by atoms with van der Waals surface area (Å²) in [5.41, 5.74) is 3.10. The van der Waals surface area contributed by atoms with Crippen molar-refractivity contribution < 1.29 is 22.8 Å². The molecule has 35 heavy (non-hydrogen) atoms. The van der Waals surface area contributed by atoms with Crippen LogP contribution >= 0.6 is 15.9 Å². The van der Waals surface area contributed by atoms with Crippen LogP contribution in [0.2, 0.25) is 0 Å². The van der Waals surface area contributed by atoms with Gasteiger partial charge in [-0.1, -0.05) is 40.2 Å². The van der Waals surface area contributed by atoms with Crippen molar-refractivity contribution >= 4 is 44.6 Å². The van der Waals surface area contributed by atoms with Gasteiger partial charge >= 0.3 is 12.1 Å². The van der Waals surface area contributed by atoms with Gasteiger partial charge in [0.1, 0.15) is 0 Å². The van der Waals surface area contributed by atoms with Crippen molar-refractivity contribution in [3.63, 3.8) is 0 Å². The van der Waals surface area contributed by atoms with Crippen molar-refractivity contribution in [2.45, 2.75) is 38.0 Å². The molecule has 1 aliphatic carbocycles. The average molecular weight is 550 g/mol. The van der Waals surface area contributed by atoms with Crippen LogP contribution < -0.4 is 10.2 Å². The monoisotopic (exact) mass is 549 g/mol. The quantitative estimate of drug-likeness (QED) is 0.471. The zero-order valence-corrected chi connectivity index (χ0v) is 20.4. The van der Waals surface area contributed by atoms with E-state index in [4.69, 9.17) is 14.8 Å². The van der Waals surface area contributed by atoms with Crippen LogP contribution in [0, 0.1) is 6.92 Å². The van der Waals surface area contributed by atoms with Crippen molar-refractivity contribution in [1.82, 2.24) is 15.0 Å². The fourth-order valence-electron chi connectivity index (χ4n) is 4.19. The number of alkyl halides is 3. The highest BCUT2D eigenvalue weighted by molar-refractivity contribution is 9.10. The van der Waals surface area contributed by atoms with Crippen LogP contribution in [0.4, 0.5) is 24.8 Å². The number of hydrogen-bond acceptors (Lipinski definition) is 7. The maximum atomic E-state index is 13.0. The van der Waals surface area contributed by atoms with Crippen molar-refractivity contribution in [2.24, 2.45) is 0 Å². The van der Waals surface area contributed by atoms with Crippen LogP contribution in [0.15, 0.2) is 46.9 Å². The highest BCUT2D eigenvalue weighted by Gasteiger charge is 2.45. The van der Waals surface area contributed by atoms with Crippen LogP contribution in [0.5, 0.6) is 0 Å². The lowest BCUT2D eigenvalue weighted by molar-refractivity contribution is -0.248. The third-order valence-corrected chi connectivity index (χ3v) is 7.06. The topological polar surface area (TPSA) is 70.6 Å². The Bertz CT molecular complexity index is 1270. The van der Waals surface area contributed by atoms with Gasteiger partial charge in [-0.25, -0.2) is 14.8 Å². The number of hydroxylamine groups is 2. The molecule has 1 atom stereocenters. The third-order valence-electron chi connectivity index (χ3n) is 6.20. The molecule has 5 rings (SSSR count). The number of piperazine rings is 1. The largest absolute Gasteiger partial charge is 0.492 e. The van der Waals surface area contributed by atoms with Crippen LogP contribution in [-0.4, -0.2) is 52.9 Å². The van der Waals surface area contributed by atoms with E-state index in [1.54, 1.807) is 0 Å². The van der Waals surface area contributed by atoms with Gasteiger partial charge in [0, 0.05) is 23.6 Å². The second-order valence-corrected chi connectivity index (χ2v) is 9.59. The molecule has 1 aromatic heterocycles. The van der Waals surface area contributed by atoms with Gasteiger partial charge < -0.3 is 15.1 Å². The molecule has 1 unspecified atom stereocenters. The molecule has 0 radical (unpaired) electrons. The van der Waals surface area contributed by atoms with Crippen LogP contribution in [0.1, 0.15) is 30.0 Å². The summed E-state index contributed by atoms with van der Waals surface area (Å²) in [5, 5.41) is 4.57. The molecule has 2 aromatic carbocycles. The lowest BCUT2D eigenvalue weighted by Gasteiger charge is -2.41. The van der Waals surface area contributed by atoms with Gasteiger partial charge in [-0.05, 0) is 49.1 Å². The number of aromatic nitrogens is 2. The summed E-state index contributed by atoms with van der Waals surface area (Å²) in [6, 6.07) is 12.8. The van der Waals surface area contributed by atoms with Gasteiger partial charge in [0.15, 0.2) is 11.6 Å². The van der Waals surface area contributed by atoms with Crippen molar-refractivity contribution in [3.05, 3.63) is 58.1 Å². The number of nitrogens with one attached hydrogen (secondary N) is 1. The van der Waals surface area contributed by atoms with Gasteiger partial charge in [-0.2, -0.15) is 13.2 Å². The second-order valence-electron chi connectivity index (χ2n) is 8.74. The molecular weight excluding hydrogens is 527 g/mol. The van der Waals surface area contributed by atoms with E-state index in [1.165, 1.54) is 0 Å². The van der Waals surface area contributed by atoms with Crippen LogP contribution in [0.25, 0.3) is 11.0 Å². The minimum Gasteiger partial charge on any atom is -0.364 e. The van der Waals surface area contributed by atoms with Crippen molar-refractivity contribution in [1.29, 1.82) is 0 Å². The van der Waals surface area contributed by atoms with Crippen LogP contribution in [-0.2, 0) is 9.63 Å². The first-order valence-electron chi connectivity index (χ1n) is 11.3. The third kappa shape index (κ3) is 5.06. The number of hydrogen-bond donors (Lipinski definition) is 1. The molecule has 1 N–H and O–H groups in total. The predicted octanol–water partition coefficient (Wildman–Crippen LogP) is 5.16. The molecule has 2 fully saturated rings. The Morgan fingerprint density at radius 1 is 1.09 bits per heavy atom. The fraction of sp³-hybridized carbons (Fsp3) is 0.375. The molecule has 2 aliphatic rings. The fourth-order valence-corrected chi connectivity index (χ4v) is 4.58. The molecule has 1 aliphatic heterocycles. The maximum absolute atomic E-state index is 13.0. The average Bonchev–Trinajstić information content (AvgIpc) is 3.64. The second kappa shape index (κ2) is 9.27. The Balaban J connectivity index is 1.52. The summed E-state index contributed by atoms with van der Waals surface area (Å²) in [6.07, 6.45) is -2.98. The summed E-state index contributed by atoms with van der Waals surface area (Å²) >= 11 is 3.50. The molecule has 3 aromatic rings. The van der Waals surface area contributed by atoms with Gasteiger partial charge in [0.2, 0.25) is 0 Å². The van der Waals surface area contributed by atoms with E-state index in [1.807, 2.05) is 54.3 Å². The lowest BCUT2D eigenvalue weighted by Crippen LogP contribution is -2.50. The number of nitrogens with zero attached hydrogens (tertiary/aromatic N) is 4. The van der Waals surface area contributed by atoms with Crippen molar-refractivity contribution in [2.75, 3.05) is 29.9 Å². The van der Waals surface area contributed by atoms with E-state index in [9.17, 15) is 18.0 Å². The summed E-state index contributed by atoms with van der Waals surface area (Å²) < 4.78 is 39.8. The smallest absolute Gasteiger partial charge is 0.364 e. The normalized spacial score (nSPS) is 19.1. The summed E-state index contributed by atoms with van der Waals surface area (Å²) in [6.45, 7) is 2.50. The van der Waals surface area contributed by atoms with Gasteiger partial charge in [-0.3, -0.25) is 0 Å². The molecule has 11 heteroatoms. The number of benzene rings is 2. The predicted molar refractivity (Wildman–Crippen MR) is 129 cm³/mol. The van der Waals surface area contributed by atoms with E-state index in [2.05, 4.69) is 21.2 Å². The SMILES string of the molecule is Cc1c(Br)cccc1C1CN(c2nc3ccccc3nc2NC2CC2)CCN1OC(=O)C(F)(F)F. The van der Waals surface area contributed by atoms with E-state index < -0.39 is 18.2 Å². The Kier molecular flexibility index (Phi) is 6.30. The summed E-state index contributed by atoms with van der Waals surface area (Å²) in [5.74, 6) is -0.947. The number of carbonyl (C=O) groups excluding carboxylic acids is 1. The Morgan fingerprint density at radius 3 is 2.49 bits per heavy atom. The Morgan fingerprint density at radius 2 is 1.80 bits per heavy atom. The van der Waals surface area contributed by atoms with E-state index in [0.29, 0.717) is 24.2 Å². The van der Waals surface area contributed by atoms with Gasteiger partial charge in [0.25, 0.3) is 0 Å². The molecular formula is C24H23BrF3N5O2. The number of halogens is 4.